The second-order valence-corrected chi connectivity index (χ2v) is 7.02. The number of benzene rings is 1. The fourth-order valence-electron chi connectivity index (χ4n) is 3.58. The number of ether oxygens (including phenoxy) is 3. The zero-order valence-electron chi connectivity index (χ0n) is 18.8. The predicted octanol–water partition coefficient (Wildman–Crippen LogP) is 3.44. The van der Waals surface area contributed by atoms with Crippen LogP contribution in [0.4, 0.5) is 5.69 Å². The van der Waals surface area contributed by atoms with E-state index >= 15 is 0 Å². The van der Waals surface area contributed by atoms with E-state index in [2.05, 4.69) is 10.3 Å². The molecule has 34 heavy (non-hydrogen) atoms. The van der Waals surface area contributed by atoms with Crippen molar-refractivity contribution in [2.75, 3.05) is 20.3 Å². The molecule has 0 amide bonds. The van der Waals surface area contributed by atoms with E-state index in [0.29, 0.717) is 22.7 Å². The van der Waals surface area contributed by atoms with E-state index in [0.717, 1.165) is 0 Å². The minimum atomic E-state index is -0.964. The second kappa shape index (κ2) is 11.8. The van der Waals surface area contributed by atoms with Crippen molar-refractivity contribution >= 4 is 30.0 Å². The number of nitrogens with zero attached hydrogens (tertiary/aromatic N) is 2. The first-order chi connectivity index (χ1) is 15.9. The first-order valence-corrected chi connectivity index (χ1v) is 10.1. The van der Waals surface area contributed by atoms with E-state index in [4.69, 9.17) is 14.2 Å². The van der Waals surface area contributed by atoms with Crippen molar-refractivity contribution in [2.24, 2.45) is 0 Å². The van der Waals surface area contributed by atoms with E-state index < -0.39 is 22.8 Å². The van der Waals surface area contributed by atoms with Gasteiger partial charge in [0.2, 0.25) is 0 Å². The van der Waals surface area contributed by atoms with Crippen LogP contribution in [0.25, 0.3) is 0 Å². The van der Waals surface area contributed by atoms with Gasteiger partial charge < -0.3 is 19.5 Å². The minimum Gasteiger partial charge on any atom is -0.487 e. The van der Waals surface area contributed by atoms with Crippen LogP contribution < -0.4 is 10.1 Å². The lowest BCUT2D eigenvalue weighted by Crippen LogP contribution is -2.35. The number of halogens is 1. The van der Waals surface area contributed by atoms with Crippen LogP contribution in [0.3, 0.4) is 0 Å². The number of hydrogen-bond acceptors (Lipinski definition) is 9. The Bertz CT molecular complexity index is 1130. The highest BCUT2D eigenvalue weighted by Crippen LogP contribution is 2.40. The average Bonchev–Trinajstić information content (AvgIpc) is 2.82. The number of carbonyl (C=O) groups is 2. The minimum absolute atomic E-state index is 0. The summed E-state index contributed by atoms with van der Waals surface area (Å²) < 4.78 is 16.0. The number of dihydropyridines is 1. The molecule has 1 aromatic heterocycles. The smallest absolute Gasteiger partial charge is 0.336 e. The van der Waals surface area contributed by atoms with Crippen LogP contribution in [0.1, 0.15) is 25.3 Å². The lowest BCUT2D eigenvalue weighted by Gasteiger charge is -2.31. The summed E-state index contributed by atoms with van der Waals surface area (Å²) in [5.41, 5.74) is 1.25. The number of carbonyl (C=O) groups excluding carboxylic acids is 2. The molecule has 10 nitrogen and oxygen atoms in total. The van der Waals surface area contributed by atoms with Crippen LogP contribution in [0.15, 0.2) is 71.3 Å². The molecule has 180 valence electrons. The first-order valence-electron chi connectivity index (χ1n) is 10.1. The van der Waals surface area contributed by atoms with Crippen molar-refractivity contribution in [3.63, 3.8) is 0 Å². The Hall–Kier alpha value is -3.92. The highest BCUT2D eigenvalue weighted by molar-refractivity contribution is 6.00. The quantitative estimate of drug-likeness (QED) is 0.336. The zero-order chi connectivity index (χ0) is 24.0. The van der Waals surface area contributed by atoms with Crippen LogP contribution in [0.2, 0.25) is 0 Å². The number of rotatable bonds is 8. The van der Waals surface area contributed by atoms with Gasteiger partial charge in [-0.2, -0.15) is 0 Å². The van der Waals surface area contributed by atoms with Gasteiger partial charge in [-0.05, 0) is 31.5 Å². The summed E-state index contributed by atoms with van der Waals surface area (Å²) in [4.78, 5) is 40.6. The Morgan fingerprint density at radius 2 is 1.85 bits per heavy atom. The van der Waals surface area contributed by atoms with E-state index in [1.165, 1.54) is 25.3 Å². The Kier molecular flexibility index (Phi) is 9.14. The molecule has 1 unspecified atom stereocenters. The highest BCUT2D eigenvalue weighted by Gasteiger charge is 2.39. The van der Waals surface area contributed by atoms with Gasteiger partial charge in [0.1, 0.15) is 12.4 Å². The lowest BCUT2D eigenvalue weighted by molar-refractivity contribution is -0.384. The standard InChI is InChI=1S/C23H23N3O7.ClH/c1-4-32-23(28)21-18(13-33-17-8-10-24-11-9-17)25-14(2)19(22(27)31-3)20(21)15-6-5-7-16(12-15)26(29)30;/h5-12,20,25H,4,13H2,1-3H3;1H. The average molecular weight is 490 g/mol. The van der Waals surface area contributed by atoms with Gasteiger partial charge >= 0.3 is 11.9 Å². The summed E-state index contributed by atoms with van der Waals surface area (Å²) in [5.74, 6) is -1.79. The van der Waals surface area contributed by atoms with Crippen LogP contribution in [-0.2, 0) is 19.1 Å². The Labute approximate surface area is 202 Å². The molecule has 3 rings (SSSR count). The van der Waals surface area contributed by atoms with Crippen LogP contribution >= 0.6 is 12.4 Å². The number of non-ortho nitro benzene ring substituents is 1. The third-order valence-corrected chi connectivity index (χ3v) is 4.99. The van der Waals surface area contributed by atoms with Gasteiger partial charge in [0.15, 0.2) is 0 Å². The summed E-state index contributed by atoms with van der Waals surface area (Å²) >= 11 is 0. The third-order valence-electron chi connectivity index (χ3n) is 4.99. The summed E-state index contributed by atoms with van der Waals surface area (Å²) in [6.07, 6.45) is 3.13. The van der Waals surface area contributed by atoms with Crippen molar-refractivity contribution in [2.45, 2.75) is 19.8 Å². The molecule has 0 saturated heterocycles. The molecule has 0 radical (unpaired) electrons. The third kappa shape index (κ3) is 5.70. The maximum Gasteiger partial charge on any atom is 0.336 e. The number of esters is 2. The molecule has 1 aliphatic heterocycles. The van der Waals surface area contributed by atoms with Gasteiger partial charge in [0.05, 0.1) is 41.4 Å². The summed E-state index contributed by atoms with van der Waals surface area (Å²) in [5, 5.41) is 14.4. The van der Waals surface area contributed by atoms with E-state index in [9.17, 15) is 19.7 Å². The molecule has 0 bridgehead atoms. The largest absolute Gasteiger partial charge is 0.487 e. The molecule has 1 aliphatic rings. The topological polar surface area (TPSA) is 130 Å². The fraction of sp³-hybridized carbons (Fsp3) is 0.261. The summed E-state index contributed by atoms with van der Waals surface area (Å²) in [6.45, 7) is 3.37. The highest BCUT2D eigenvalue weighted by atomic mass is 35.5. The van der Waals surface area contributed by atoms with Gasteiger partial charge in [0, 0.05) is 30.2 Å². The Balaban J connectivity index is 0.00000408. The van der Waals surface area contributed by atoms with Crippen LogP contribution in [0.5, 0.6) is 5.75 Å². The molecule has 0 spiro atoms. The predicted molar refractivity (Wildman–Crippen MR) is 124 cm³/mol. The van der Waals surface area contributed by atoms with Gasteiger partial charge in [-0.15, -0.1) is 12.4 Å². The molecule has 2 heterocycles. The van der Waals surface area contributed by atoms with Gasteiger partial charge in [-0.25, -0.2) is 9.59 Å². The molecule has 1 atom stereocenters. The summed E-state index contributed by atoms with van der Waals surface area (Å²) in [7, 11) is 1.23. The van der Waals surface area contributed by atoms with Gasteiger partial charge in [-0.3, -0.25) is 15.1 Å². The molecule has 0 aliphatic carbocycles. The SMILES string of the molecule is CCOC(=O)C1=C(COc2ccncc2)NC(C)=C(C(=O)OC)C1c1cccc([N+](=O)[O-])c1.Cl. The number of nitro groups is 1. The maximum atomic E-state index is 13.1. The first kappa shape index (κ1) is 26.3. The molecule has 11 heteroatoms. The zero-order valence-corrected chi connectivity index (χ0v) is 19.6. The molecule has 0 saturated carbocycles. The number of allylic oxidation sites excluding steroid dienone is 1. The molecule has 0 fully saturated rings. The Morgan fingerprint density at radius 3 is 2.47 bits per heavy atom. The maximum absolute atomic E-state index is 13.1. The van der Waals surface area contributed by atoms with Gasteiger partial charge in [0.25, 0.3) is 5.69 Å². The number of nitro benzene ring substituents is 1. The van der Waals surface area contributed by atoms with Crippen molar-refractivity contribution in [1.82, 2.24) is 10.3 Å². The fourth-order valence-corrected chi connectivity index (χ4v) is 3.58. The number of methoxy groups -OCH3 is 1. The number of aromatic nitrogens is 1. The molecule has 1 N–H and O–H groups in total. The monoisotopic (exact) mass is 489 g/mol. The van der Waals surface area contributed by atoms with Crippen molar-refractivity contribution in [1.29, 1.82) is 0 Å². The van der Waals surface area contributed by atoms with Crippen LogP contribution in [0, 0.1) is 10.1 Å². The van der Waals surface area contributed by atoms with E-state index in [1.54, 1.807) is 44.4 Å². The summed E-state index contributed by atoms with van der Waals surface area (Å²) in [6, 6.07) is 9.09. The Morgan fingerprint density at radius 1 is 1.15 bits per heavy atom. The van der Waals surface area contributed by atoms with E-state index in [1.807, 2.05) is 0 Å². The van der Waals surface area contributed by atoms with Crippen molar-refractivity contribution < 1.29 is 28.7 Å². The molecular weight excluding hydrogens is 466 g/mol. The lowest BCUT2D eigenvalue weighted by atomic mass is 9.80. The van der Waals surface area contributed by atoms with Crippen molar-refractivity contribution in [3.8, 4) is 5.75 Å². The number of pyridine rings is 1. The second-order valence-electron chi connectivity index (χ2n) is 7.02. The normalized spacial score (nSPS) is 15.1. The molecule has 2 aromatic rings. The molecule has 1 aromatic carbocycles. The van der Waals surface area contributed by atoms with Crippen molar-refractivity contribution in [3.05, 3.63) is 87.0 Å². The van der Waals surface area contributed by atoms with E-state index in [-0.39, 0.29) is 42.5 Å². The number of nitrogens with one attached hydrogen (secondary N) is 1. The van der Waals surface area contributed by atoms with Gasteiger partial charge in [-0.1, -0.05) is 12.1 Å². The van der Waals surface area contributed by atoms with Crippen LogP contribution in [-0.4, -0.2) is 42.2 Å². The number of hydrogen-bond donors (Lipinski definition) is 1. The molecular formula is C23H24ClN3O7.